The summed E-state index contributed by atoms with van der Waals surface area (Å²) in [5.41, 5.74) is 0.546. The summed E-state index contributed by atoms with van der Waals surface area (Å²) in [5.74, 6) is 1.80. The second kappa shape index (κ2) is 10.3. The molecule has 6 heteroatoms. The highest BCUT2D eigenvalue weighted by Crippen LogP contribution is 2.20. The lowest BCUT2D eigenvalue weighted by atomic mass is 9.92. The normalized spacial score (nSPS) is 20.1. The van der Waals surface area contributed by atoms with Gasteiger partial charge in [0.15, 0.2) is 6.61 Å². The summed E-state index contributed by atoms with van der Waals surface area (Å²) in [6.45, 7) is 8.57. The maximum atomic E-state index is 12.3. The first kappa shape index (κ1) is 21.2. The van der Waals surface area contributed by atoms with Crippen molar-refractivity contribution in [2.24, 2.45) is 11.8 Å². The molecule has 0 aliphatic carbocycles. The van der Waals surface area contributed by atoms with E-state index in [2.05, 4.69) is 24.1 Å². The van der Waals surface area contributed by atoms with Gasteiger partial charge >= 0.3 is 0 Å². The minimum absolute atomic E-state index is 0.0370. The molecule has 0 aromatic heterocycles. The second-order valence-electron chi connectivity index (χ2n) is 7.92. The highest BCUT2D eigenvalue weighted by Gasteiger charge is 2.21. The highest BCUT2D eigenvalue weighted by atomic mass is 16.5. The van der Waals surface area contributed by atoms with Gasteiger partial charge in [-0.25, -0.2) is 0 Å². The second-order valence-corrected chi connectivity index (χ2v) is 7.92. The maximum Gasteiger partial charge on any atom is 0.259 e. The van der Waals surface area contributed by atoms with E-state index in [0.29, 0.717) is 17.9 Å². The molecule has 2 rings (SSSR count). The first-order valence-electron chi connectivity index (χ1n) is 9.78. The van der Waals surface area contributed by atoms with Gasteiger partial charge in [-0.2, -0.15) is 0 Å². The topological polar surface area (TPSA) is 61.9 Å². The van der Waals surface area contributed by atoms with Crippen LogP contribution in [-0.2, 0) is 4.79 Å². The summed E-state index contributed by atoms with van der Waals surface area (Å²) in [6, 6.07) is 6.94. The van der Waals surface area contributed by atoms with Crippen molar-refractivity contribution in [2.75, 3.05) is 46.9 Å². The van der Waals surface area contributed by atoms with E-state index >= 15 is 0 Å². The molecule has 2 amide bonds. The zero-order valence-corrected chi connectivity index (χ0v) is 17.0. The predicted octanol–water partition coefficient (Wildman–Crippen LogP) is 2.25. The molecule has 2 atom stereocenters. The van der Waals surface area contributed by atoms with Crippen molar-refractivity contribution in [2.45, 2.75) is 26.7 Å². The first-order valence-corrected chi connectivity index (χ1v) is 9.78. The van der Waals surface area contributed by atoms with Gasteiger partial charge in [0.05, 0.1) is 0 Å². The SMILES string of the molecule is CC1CC(C)CN(CCCNC(=O)c2cccc(OCC(=O)N(C)C)c2)C1. The Balaban J connectivity index is 1.74. The fourth-order valence-corrected chi connectivity index (χ4v) is 3.58. The number of nitrogens with zero attached hydrogens (tertiary/aromatic N) is 2. The van der Waals surface area contributed by atoms with E-state index in [1.54, 1.807) is 38.4 Å². The number of likely N-dealkylation sites (tertiary alicyclic amines) is 1. The fourth-order valence-electron chi connectivity index (χ4n) is 3.58. The molecule has 1 aliphatic heterocycles. The fraction of sp³-hybridized carbons (Fsp3) is 0.619. The van der Waals surface area contributed by atoms with Crippen molar-refractivity contribution >= 4 is 11.8 Å². The Morgan fingerprint density at radius 2 is 1.93 bits per heavy atom. The van der Waals surface area contributed by atoms with E-state index in [4.69, 9.17) is 4.74 Å². The van der Waals surface area contributed by atoms with E-state index in [1.165, 1.54) is 11.3 Å². The van der Waals surface area contributed by atoms with Crippen LogP contribution in [0.5, 0.6) is 5.75 Å². The summed E-state index contributed by atoms with van der Waals surface area (Å²) in [4.78, 5) is 27.9. The number of carbonyl (C=O) groups is 2. The molecule has 1 N–H and O–H groups in total. The molecule has 27 heavy (non-hydrogen) atoms. The van der Waals surface area contributed by atoms with E-state index in [1.807, 2.05) is 0 Å². The van der Waals surface area contributed by atoms with Gasteiger partial charge in [0.25, 0.3) is 11.8 Å². The molecule has 1 aromatic carbocycles. The number of piperidine rings is 1. The average Bonchev–Trinajstić information content (AvgIpc) is 2.62. The number of hydrogen-bond acceptors (Lipinski definition) is 4. The number of hydrogen-bond donors (Lipinski definition) is 1. The quantitative estimate of drug-likeness (QED) is 0.708. The molecule has 0 radical (unpaired) electrons. The largest absolute Gasteiger partial charge is 0.484 e. The van der Waals surface area contributed by atoms with Crippen molar-refractivity contribution in [3.05, 3.63) is 29.8 Å². The number of rotatable bonds is 8. The van der Waals surface area contributed by atoms with Crippen LogP contribution in [0, 0.1) is 11.8 Å². The van der Waals surface area contributed by atoms with Crippen LogP contribution in [-0.4, -0.2) is 68.5 Å². The molecule has 1 heterocycles. The smallest absolute Gasteiger partial charge is 0.259 e. The van der Waals surface area contributed by atoms with Crippen molar-refractivity contribution in [1.29, 1.82) is 0 Å². The van der Waals surface area contributed by atoms with Gasteiger partial charge in [-0.3, -0.25) is 9.59 Å². The van der Waals surface area contributed by atoms with Crippen LogP contribution in [0.3, 0.4) is 0 Å². The summed E-state index contributed by atoms with van der Waals surface area (Å²) in [7, 11) is 3.36. The third kappa shape index (κ3) is 7.21. The molecule has 0 bridgehead atoms. The van der Waals surface area contributed by atoms with Gasteiger partial charge in [-0.1, -0.05) is 19.9 Å². The molecule has 0 saturated carbocycles. The van der Waals surface area contributed by atoms with Crippen LogP contribution < -0.4 is 10.1 Å². The summed E-state index contributed by atoms with van der Waals surface area (Å²) < 4.78 is 5.47. The van der Waals surface area contributed by atoms with Crippen molar-refractivity contribution in [3.63, 3.8) is 0 Å². The number of ether oxygens (including phenoxy) is 1. The number of likely N-dealkylation sites (N-methyl/N-ethyl adjacent to an activating group) is 1. The third-order valence-corrected chi connectivity index (χ3v) is 4.84. The van der Waals surface area contributed by atoms with Crippen LogP contribution in [0.15, 0.2) is 24.3 Å². The molecule has 1 aromatic rings. The predicted molar refractivity (Wildman–Crippen MR) is 107 cm³/mol. The highest BCUT2D eigenvalue weighted by molar-refractivity contribution is 5.94. The summed E-state index contributed by atoms with van der Waals surface area (Å²) in [6.07, 6.45) is 2.25. The van der Waals surface area contributed by atoms with E-state index in [0.717, 1.165) is 37.9 Å². The standard InChI is InChI=1S/C21H33N3O3/c1-16-11-17(2)14-24(13-16)10-6-9-22-21(26)18-7-5-8-19(12-18)27-15-20(25)23(3)4/h5,7-8,12,16-17H,6,9-11,13-15H2,1-4H3,(H,22,26). The Morgan fingerprint density at radius 1 is 1.22 bits per heavy atom. The average molecular weight is 376 g/mol. The van der Waals surface area contributed by atoms with Crippen LogP contribution in [0.2, 0.25) is 0 Å². The van der Waals surface area contributed by atoms with Gasteiger partial charge in [-0.15, -0.1) is 0 Å². The molecule has 6 nitrogen and oxygen atoms in total. The van der Waals surface area contributed by atoms with E-state index in [9.17, 15) is 9.59 Å². The minimum atomic E-state index is -0.119. The van der Waals surface area contributed by atoms with Gasteiger partial charge in [0, 0.05) is 39.3 Å². The summed E-state index contributed by atoms with van der Waals surface area (Å²) in [5, 5.41) is 2.97. The minimum Gasteiger partial charge on any atom is -0.484 e. The molecule has 150 valence electrons. The van der Waals surface area contributed by atoms with Crippen LogP contribution in [0.4, 0.5) is 0 Å². The lowest BCUT2D eigenvalue weighted by Crippen LogP contribution is -2.40. The van der Waals surface area contributed by atoms with Crippen molar-refractivity contribution < 1.29 is 14.3 Å². The van der Waals surface area contributed by atoms with Gasteiger partial charge in [0.2, 0.25) is 0 Å². The van der Waals surface area contributed by atoms with Crippen LogP contribution in [0.25, 0.3) is 0 Å². The van der Waals surface area contributed by atoms with E-state index in [-0.39, 0.29) is 18.4 Å². The molecule has 1 fully saturated rings. The Labute approximate surface area is 162 Å². The Hall–Kier alpha value is -2.08. The lowest BCUT2D eigenvalue weighted by molar-refractivity contribution is -0.130. The first-order chi connectivity index (χ1) is 12.8. The molecule has 2 unspecified atom stereocenters. The Morgan fingerprint density at radius 3 is 2.59 bits per heavy atom. The monoisotopic (exact) mass is 375 g/mol. The van der Waals surface area contributed by atoms with Gasteiger partial charge in [0.1, 0.15) is 5.75 Å². The van der Waals surface area contributed by atoms with E-state index < -0.39 is 0 Å². The van der Waals surface area contributed by atoms with Crippen LogP contribution in [0.1, 0.15) is 37.0 Å². The van der Waals surface area contributed by atoms with Crippen molar-refractivity contribution in [3.8, 4) is 5.75 Å². The van der Waals surface area contributed by atoms with Crippen molar-refractivity contribution in [1.82, 2.24) is 15.1 Å². The lowest BCUT2D eigenvalue weighted by Gasteiger charge is -2.34. The molecular weight excluding hydrogens is 342 g/mol. The molecular formula is C21H33N3O3. The van der Waals surface area contributed by atoms with Gasteiger partial charge < -0.3 is 19.9 Å². The zero-order chi connectivity index (χ0) is 19.8. The summed E-state index contributed by atoms with van der Waals surface area (Å²) >= 11 is 0. The van der Waals surface area contributed by atoms with Crippen LogP contribution >= 0.6 is 0 Å². The third-order valence-electron chi connectivity index (χ3n) is 4.84. The molecule has 1 aliphatic rings. The number of amides is 2. The van der Waals surface area contributed by atoms with Gasteiger partial charge in [-0.05, 0) is 49.4 Å². The number of benzene rings is 1. The zero-order valence-electron chi connectivity index (χ0n) is 17.0. The molecule has 1 saturated heterocycles. The number of nitrogens with one attached hydrogen (secondary N) is 1. The number of carbonyl (C=O) groups excluding carboxylic acids is 2. The Bertz CT molecular complexity index is 623. The Kier molecular flexibility index (Phi) is 8.10. The molecule has 0 spiro atoms. The maximum absolute atomic E-state index is 12.3.